The van der Waals surface area contributed by atoms with E-state index in [4.69, 9.17) is 9.15 Å². The molecule has 0 saturated heterocycles. The van der Waals surface area contributed by atoms with Crippen molar-refractivity contribution in [2.75, 3.05) is 19.8 Å². The van der Waals surface area contributed by atoms with Gasteiger partial charge in [0, 0.05) is 19.3 Å². The van der Waals surface area contributed by atoms with E-state index in [-0.39, 0.29) is 0 Å². The first kappa shape index (κ1) is 12.3. The lowest BCUT2D eigenvalue weighted by Crippen LogP contribution is -2.32. The Hall–Kier alpha value is -0.800. The highest BCUT2D eigenvalue weighted by Gasteiger charge is 2.08. The zero-order valence-corrected chi connectivity index (χ0v) is 9.66. The van der Waals surface area contributed by atoms with Gasteiger partial charge < -0.3 is 14.5 Å². The van der Waals surface area contributed by atoms with Crippen molar-refractivity contribution in [1.82, 2.24) is 5.32 Å². The summed E-state index contributed by atoms with van der Waals surface area (Å²) < 4.78 is 10.4. The summed E-state index contributed by atoms with van der Waals surface area (Å²) in [5, 5.41) is 3.46. The van der Waals surface area contributed by atoms with Crippen LogP contribution in [0.15, 0.2) is 23.0 Å². The number of likely N-dealkylation sites (N-methyl/N-ethyl adjacent to an activating group) is 1. The molecule has 0 fully saturated rings. The van der Waals surface area contributed by atoms with Crippen LogP contribution in [0.2, 0.25) is 0 Å². The van der Waals surface area contributed by atoms with Crippen molar-refractivity contribution in [2.24, 2.45) is 0 Å². The van der Waals surface area contributed by atoms with Gasteiger partial charge in [-0.05, 0) is 37.9 Å². The van der Waals surface area contributed by atoms with Crippen LogP contribution in [0.25, 0.3) is 0 Å². The maximum Gasteiger partial charge on any atom is 0.0935 e. The average Bonchev–Trinajstić information content (AvgIpc) is 2.71. The van der Waals surface area contributed by atoms with Crippen LogP contribution >= 0.6 is 0 Å². The summed E-state index contributed by atoms with van der Waals surface area (Å²) in [4.78, 5) is 0. The highest BCUT2D eigenvalue weighted by molar-refractivity contribution is 5.07. The van der Waals surface area contributed by atoms with Crippen molar-refractivity contribution in [1.29, 1.82) is 0 Å². The molecule has 1 heterocycles. The zero-order valence-electron chi connectivity index (χ0n) is 9.66. The van der Waals surface area contributed by atoms with Crippen LogP contribution in [0.3, 0.4) is 0 Å². The summed E-state index contributed by atoms with van der Waals surface area (Å²) in [6, 6.07) is 2.50. The third-order valence-electron chi connectivity index (χ3n) is 2.37. The molecule has 0 radical (unpaired) electrons. The summed E-state index contributed by atoms with van der Waals surface area (Å²) in [5.41, 5.74) is 1.25. The minimum atomic E-state index is 0.485. The van der Waals surface area contributed by atoms with E-state index in [1.54, 1.807) is 6.26 Å². The van der Waals surface area contributed by atoms with Crippen molar-refractivity contribution in [3.05, 3.63) is 24.2 Å². The van der Waals surface area contributed by atoms with Crippen LogP contribution in [0.5, 0.6) is 0 Å². The van der Waals surface area contributed by atoms with E-state index in [1.807, 2.05) is 19.3 Å². The van der Waals surface area contributed by atoms with Gasteiger partial charge >= 0.3 is 0 Å². The van der Waals surface area contributed by atoms with Gasteiger partial charge in [-0.15, -0.1) is 0 Å². The molecule has 3 nitrogen and oxygen atoms in total. The van der Waals surface area contributed by atoms with Gasteiger partial charge in [-0.25, -0.2) is 0 Å². The Balaban J connectivity index is 2.29. The van der Waals surface area contributed by atoms with E-state index in [2.05, 4.69) is 12.2 Å². The Morgan fingerprint density at radius 1 is 1.47 bits per heavy atom. The lowest BCUT2D eigenvalue weighted by molar-refractivity contribution is 0.136. The van der Waals surface area contributed by atoms with Crippen molar-refractivity contribution < 1.29 is 9.15 Å². The maximum absolute atomic E-state index is 5.37. The van der Waals surface area contributed by atoms with Crippen molar-refractivity contribution >= 4 is 0 Å². The molecule has 0 aromatic carbocycles. The van der Waals surface area contributed by atoms with Crippen LogP contribution < -0.4 is 5.32 Å². The normalized spacial score (nSPS) is 12.9. The quantitative estimate of drug-likeness (QED) is 0.670. The Labute approximate surface area is 91.8 Å². The molecule has 1 N–H and O–H groups in total. The molecule has 15 heavy (non-hydrogen) atoms. The van der Waals surface area contributed by atoms with Gasteiger partial charge in [-0.1, -0.05) is 6.92 Å². The lowest BCUT2D eigenvalue weighted by atomic mass is 10.1. The molecule has 0 aliphatic rings. The van der Waals surface area contributed by atoms with Gasteiger partial charge in [0.05, 0.1) is 12.5 Å². The van der Waals surface area contributed by atoms with Crippen LogP contribution in [0.4, 0.5) is 0 Å². The second kappa shape index (κ2) is 7.49. The van der Waals surface area contributed by atoms with Gasteiger partial charge in [0.15, 0.2) is 0 Å². The number of ether oxygens (including phenoxy) is 1. The second-order valence-electron chi connectivity index (χ2n) is 3.58. The third-order valence-corrected chi connectivity index (χ3v) is 2.37. The average molecular weight is 211 g/mol. The molecule has 0 aliphatic carbocycles. The Morgan fingerprint density at radius 2 is 2.33 bits per heavy atom. The van der Waals surface area contributed by atoms with Crippen LogP contribution in [-0.2, 0) is 11.2 Å². The molecular weight excluding hydrogens is 190 g/mol. The van der Waals surface area contributed by atoms with Crippen molar-refractivity contribution in [2.45, 2.75) is 32.7 Å². The number of furan rings is 1. The van der Waals surface area contributed by atoms with E-state index in [9.17, 15) is 0 Å². The molecular formula is C12H21NO2. The molecule has 3 heteroatoms. The first-order chi connectivity index (χ1) is 7.36. The van der Waals surface area contributed by atoms with E-state index < -0.39 is 0 Å². The predicted molar refractivity (Wildman–Crippen MR) is 61.0 cm³/mol. The molecule has 0 bridgehead atoms. The fourth-order valence-electron chi connectivity index (χ4n) is 1.63. The van der Waals surface area contributed by atoms with E-state index in [0.29, 0.717) is 6.04 Å². The monoisotopic (exact) mass is 211 g/mol. The van der Waals surface area contributed by atoms with E-state index in [1.165, 1.54) is 5.56 Å². The van der Waals surface area contributed by atoms with Crippen LogP contribution in [0, 0.1) is 0 Å². The molecule has 1 aromatic heterocycles. The number of rotatable bonds is 8. The number of nitrogens with one attached hydrogen (secondary N) is 1. The third kappa shape index (κ3) is 5.00. The van der Waals surface area contributed by atoms with Gasteiger partial charge in [0.2, 0.25) is 0 Å². The van der Waals surface area contributed by atoms with E-state index in [0.717, 1.165) is 32.6 Å². The molecule has 1 aromatic rings. The van der Waals surface area contributed by atoms with Crippen LogP contribution in [0.1, 0.15) is 25.8 Å². The summed E-state index contributed by atoms with van der Waals surface area (Å²) >= 11 is 0. The van der Waals surface area contributed by atoms with Gasteiger partial charge in [0.25, 0.3) is 0 Å². The molecule has 0 amide bonds. The van der Waals surface area contributed by atoms with Crippen LogP contribution in [-0.4, -0.2) is 25.8 Å². The van der Waals surface area contributed by atoms with Gasteiger partial charge in [-0.2, -0.15) is 0 Å². The summed E-state index contributed by atoms with van der Waals surface area (Å²) in [6.45, 7) is 6.77. The Morgan fingerprint density at radius 3 is 2.93 bits per heavy atom. The van der Waals surface area contributed by atoms with Gasteiger partial charge in [-0.3, -0.25) is 0 Å². The van der Waals surface area contributed by atoms with Gasteiger partial charge in [0.1, 0.15) is 0 Å². The fraction of sp³-hybridized carbons (Fsp3) is 0.667. The second-order valence-corrected chi connectivity index (χ2v) is 3.58. The molecule has 0 saturated carbocycles. The lowest BCUT2D eigenvalue weighted by Gasteiger charge is -2.16. The Bertz CT molecular complexity index is 234. The molecule has 86 valence electrons. The standard InChI is InChI=1S/C12H21NO2/c1-3-13-12(6-8-14-4-2)9-11-5-7-15-10-11/h5,7,10,12-13H,3-4,6,8-9H2,1-2H3. The Kier molecular flexibility index (Phi) is 6.12. The topological polar surface area (TPSA) is 34.4 Å². The summed E-state index contributed by atoms with van der Waals surface area (Å²) in [5.74, 6) is 0. The predicted octanol–water partition coefficient (Wildman–Crippen LogP) is 2.23. The zero-order chi connectivity index (χ0) is 10.9. The molecule has 1 unspecified atom stereocenters. The molecule has 1 atom stereocenters. The smallest absolute Gasteiger partial charge is 0.0935 e. The highest BCUT2D eigenvalue weighted by Crippen LogP contribution is 2.06. The number of hydrogen-bond donors (Lipinski definition) is 1. The number of hydrogen-bond acceptors (Lipinski definition) is 3. The molecule has 0 aliphatic heterocycles. The first-order valence-electron chi connectivity index (χ1n) is 5.69. The summed E-state index contributed by atoms with van der Waals surface area (Å²) in [7, 11) is 0. The molecule has 0 spiro atoms. The first-order valence-corrected chi connectivity index (χ1v) is 5.69. The maximum atomic E-state index is 5.37. The highest BCUT2D eigenvalue weighted by atomic mass is 16.5. The minimum absolute atomic E-state index is 0.485. The van der Waals surface area contributed by atoms with Crippen molar-refractivity contribution in [3.8, 4) is 0 Å². The van der Waals surface area contributed by atoms with E-state index >= 15 is 0 Å². The largest absolute Gasteiger partial charge is 0.472 e. The van der Waals surface area contributed by atoms with Crippen molar-refractivity contribution in [3.63, 3.8) is 0 Å². The minimum Gasteiger partial charge on any atom is -0.472 e. The summed E-state index contributed by atoms with van der Waals surface area (Å²) in [6.07, 6.45) is 5.59. The SMILES string of the molecule is CCNC(CCOCC)Cc1ccoc1. The molecule has 1 rings (SSSR count). The fourth-order valence-corrected chi connectivity index (χ4v) is 1.63.